The molecule has 44 heavy (non-hydrogen) atoms. The van der Waals surface area contributed by atoms with Crippen molar-refractivity contribution in [1.29, 1.82) is 0 Å². The van der Waals surface area contributed by atoms with Crippen molar-refractivity contribution in [1.82, 2.24) is 29.9 Å². The molecule has 0 saturated carbocycles. The van der Waals surface area contributed by atoms with Gasteiger partial charge in [0.15, 0.2) is 0 Å². The van der Waals surface area contributed by atoms with E-state index in [1.807, 2.05) is 24.3 Å². The fraction of sp³-hybridized carbons (Fsp3) is 0.462. The quantitative estimate of drug-likeness (QED) is 0.0256. The third-order valence-electron chi connectivity index (χ3n) is 6.12. The second kappa shape index (κ2) is 18.1. The maximum absolute atomic E-state index is 8.33. The molecular formula is C26H40N18. The van der Waals surface area contributed by atoms with Gasteiger partial charge >= 0.3 is 0 Å². The first-order valence-corrected chi connectivity index (χ1v) is 14.3. The highest BCUT2D eigenvalue weighted by Crippen LogP contribution is 2.09. The number of hydrogen-bond donors (Lipinski definition) is 7. The summed E-state index contributed by atoms with van der Waals surface area (Å²) in [5.41, 5.74) is 39.3. The molecular weight excluding hydrogens is 564 g/mol. The molecule has 0 saturated heterocycles. The number of aliphatic imine (C=N–C) groups is 2. The molecule has 0 bridgehead atoms. The van der Waals surface area contributed by atoms with Crippen molar-refractivity contribution < 1.29 is 0 Å². The van der Waals surface area contributed by atoms with E-state index in [1.165, 1.54) is 0 Å². The Labute approximate surface area is 255 Å². The number of hydrogen-bond acceptors (Lipinski definition) is 14. The number of anilines is 5. The molecule has 234 valence electrons. The molecule has 0 fully saturated rings. The van der Waals surface area contributed by atoms with E-state index >= 15 is 0 Å². The highest BCUT2D eigenvalue weighted by atomic mass is 15.2. The number of azide groups is 1. The third-order valence-corrected chi connectivity index (χ3v) is 6.12. The molecule has 0 amide bonds. The van der Waals surface area contributed by atoms with Gasteiger partial charge in [-0.2, -0.15) is 29.9 Å². The topological polar surface area (TPSA) is 305 Å². The van der Waals surface area contributed by atoms with E-state index in [4.69, 9.17) is 34.2 Å². The van der Waals surface area contributed by atoms with Crippen LogP contribution in [0.2, 0.25) is 0 Å². The predicted molar refractivity (Wildman–Crippen MR) is 173 cm³/mol. The van der Waals surface area contributed by atoms with Gasteiger partial charge < -0.3 is 39.3 Å². The SMILES string of the molecule is [N-]=[N+]=NCCCNc1nc(N)nc(CCCCCN=C(N)c2ccc(C(N)=NCCCCNc3nc(N)nc(N)n3)cc2)n1. The lowest BCUT2D eigenvalue weighted by molar-refractivity contribution is 0.668. The average molecular weight is 605 g/mol. The molecule has 2 aromatic heterocycles. The summed E-state index contributed by atoms with van der Waals surface area (Å²) in [7, 11) is 0. The average Bonchev–Trinajstić information content (AvgIpc) is 2.99. The van der Waals surface area contributed by atoms with E-state index in [-0.39, 0.29) is 17.8 Å². The number of nitrogens with two attached hydrogens (primary N) is 5. The Morgan fingerprint density at radius 2 is 1.16 bits per heavy atom. The predicted octanol–water partition coefficient (Wildman–Crippen LogP) is 1.63. The van der Waals surface area contributed by atoms with E-state index in [1.54, 1.807) is 0 Å². The van der Waals surface area contributed by atoms with Crippen LogP contribution in [0.5, 0.6) is 0 Å². The number of nitrogen functional groups attached to an aromatic ring is 3. The zero-order valence-corrected chi connectivity index (χ0v) is 24.6. The van der Waals surface area contributed by atoms with Crippen molar-refractivity contribution in [2.75, 3.05) is 60.6 Å². The summed E-state index contributed by atoms with van der Waals surface area (Å²) in [6.45, 7) is 2.80. The van der Waals surface area contributed by atoms with Crippen LogP contribution < -0.4 is 39.3 Å². The Balaban J connectivity index is 1.33. The molecule has 0 aliphatic rings. The number of rotatable bonds is 19. The molecule has 0 unspecified atom stereocenters. The van der Waals surface area contributed by atoms with E-state index in [0.717, 1.165) is 43.2 Å². The van der Waals surface area contributed by atoms with Crippen LogP contribution in [-0.4, -0.2) is 74.3 Å². The highest BCUT2D eigenvalue weighted by Gasteiger charge is 2.06. The molecule has 0 spiro atoms. The lowest BCUT2D eigenvalue weighted by Gasteiger charge is -2.07. The Morgan fingerprint density at radius 1 is 0.636 bits per heavy atom. The molecule has 18 nitrogen and oxygen atoms in total. The van der Waals surface area contributed by atoms with E-state index in [0.29, 0.717) is 75.0 Å². The molecule has 0 atom stereocenters. The lowest BCUT2D eigenvalue weighted by Crippen LogP contribution is -2.17. The maximum atomic E-state index is 8.33. The summed E-state index contributed by atoms with van der Waals surface area (Å²) in [6, 6.07) is 7.55. The Morgan fingerprint density at radius 3 is 1.75 bits per heavy atom. The second-order valence-corrected chi connectivity index (χ2v) is 9.60. The zero-order valence-electron chi connectivity index (χ0n) is 24.6. The number of benzene rings is 1. The third kappa shape index (κ3) is 12.2. The first-order valence-electron chi connectivity index (χ1n) is 14.3. The zero-order chi connectivity index (χ0) is 31.6. The summed E-state index contributed by atoms with van der Waals surface area (Å²) in [6.07, 6.45) is 5.68. The minimum atomic E-state index is 0.0773. The number of amidine groups is 2. The van der Waals surface area contributed by atoms with E-state index in [2.05, 4.69) is 60.5 Å². The highest BCUT2D eigenvalue weighted by molar-refractivity contribution is 6.00. The van der Waals surface area contributed by atoms with Gasteiger partial charge in [-0.1, -0.05) is 35.8 Å². The van der Waals surface area contributed by atoms with Crippen molar-refractivity contribution in [2.45, 2.75) is 44.9 Å². The van der Waals surface area contributed by atoms with E-state index in [9.17, 15) is 0 Å². The van der Waals surface area contributed by atoms with Crippen LogP contribution in [0.3, 0.4) is 0 Å². The Kier molecular flexibility index (Phi) is 13.6. The largest absolute Gasteiger partial charge is 0.384 e. The normalized spacial score (nSPS) is 11.6. The molecule has 18 heteroatoms. The van der Waals surface area contributed by atoms with Gasteiger partial charge in [0, 0.05) is 55.2 Å². The van der Waals surface area contributed by atoms with E-state index < -0.39 is 0 Å². The summed E-state index contributed by atoms with van der Waals surface area (Å²) >= 11 is 0. The number of aryl methyl sites for hydroxylation is 1. The summed E-state index contributed by atoms with van der Waals surface area (Å²) in [5, 5.41) is 9.62. The van der Waals surface area contributed by atoms with Crippen LogP contribution in [0.4, 0.5) is 29.7 Å². The van der Waals surface area contributed by atoms with Crippen LogP contribution in [0.15, 0.2) is 39.4 Å². The molecule has 2 heterocycles. The van der Waals surface area contributed by atoms with Crippen LogP contribution in [0, 0.1) is 0 Å². The number of unbranched alkanes of at least 4 members (excludes halogenated alkanes) is 3. The van der Waals surface area contributed by atoms with Gasteiger partial charge in [0.25, 0.3) is 0 Å². The van der Waals surface area contributed by atoms with Crippen molar-refractivity contribution in [2.24, 2.45) is 26.6 Å². The lowest BCUT2D eigenvalue weighted by atomic mass is 10.1. The maximum Gasteiger partial charge on any atom is 0.229 e. The number of nitrogens with zero attached hydrogens (tertiary/aromatic N) is 11. The summed E-state index contributed by atoms with van der Waals surface area (Å²) in [5.74, 6) is 2.66. The molecule has 0 aliphatic heterocycles. The summed E-state index contributed by atoms with van der Waals surface area (Å²) in [4.78, 5) is 36.1. The molecule has 12 N–H and O–H groups in total. The van der Waals surface area contributed by atoms with Crippen molar-refractivity contribution >= 4 is 41.4 Å². The van der Waals surface area contributed by atoms with Crippen LogP contribution >= 0.6 is 0 Å². The standard InChI is InChI=1S/C26H40N18/c27-20(33-12-3-1-2-7-19-38-22(29)41-25(39-19)36-15-6-16-37-44-32)17-8-10-18(11-9-17)21(28)34-13-4-5-14-35-26-42-23(30)40-24(31)43-26/h8-11H,1-7,12-16H2,(H2,27,33)(H2,28,34)(H3,29,36,38,39,41)(H5,30,31,35,40,42,43). The van der Waals surface area contributed by atoms with Gasteiger partial charge in [0.1, 0.15) is 17.5 Å². The first kappa shape index (κ1) is 33.0. The first-order chi connectivity index (χ1) is 21.3. The monoisotopic (exact) mass is 604 g/mol. The molecule has 3 rings (SSSR count). The van der Waals surface area contributed by atoms with Crippen molar-refractivity contribution in [3.63, 3.8) is 0 Å². The van der Waals surface area contributed by atoms with Gasteiger partial charge in [-0.25, -0.2) is 0 Å². The number of nitrogens with one attached hydrogen (secondary N) is 2. The number of aromatic nitrogens is 6. The molecule has 3 aromatic rings. The molecule has 0 radical (unpaired) electrons. The van der Waals surface area contributed by atoms with Crippen LogP contribution in [0.25, 0.3) is 10.4 Å². The van der Waals surface area contributed by atoms with Gasteiger partial charge in [0.05, 0.1) is 0 Å². The van der Waals surface area contributed by atoms with Gasteiger partial charge in [-0.05, 0) is 37.6 Å². The fourth-order valence-electron chi connectivity index (χ4n) is 3.91. The van der Waals surface area contributed by atoms with Crippen molar-refractivity contribution in [3.05, 3.63) is 51.7 Å². The summed E-state index contributed by atoms with van der Waals surface area (Å²) < 4.78 is 0. The second-order valence-electron chi connectivity index (χ2n) is 9.60. The molecule has 1 aromatic carbocycles. The van der Waals surface area contributed by atoms with Crippen LogP contribution in [0.1, 0.15) is 55.5 Å². The van der Waals surface area contributed by atoms with Gasteiger partial charge in [0.2, 0.25) is 29.7 Å². The van der Waals surface area contributed by atoms with Gasteiger partial charge in [-0.15, -0.1) is 0 Å². The van der Waals surface area contributed by atoms with Crippen molar-refractivity contribution in [3.8, 4) is 0 Å². The Hall–Kier alpha value is -5.51. The minimum Gasteiger partial charge on any atom is -0.384 e. The Bertz CT molecular complexity index is 1410. The minimum absolute atomic E-state index is 0.0773. The smallest absolute Gasteiger partial charge is 0.229 e. The van der Waals surface area contributed by atoms with Gasteiger partial charge in [-0.3, -0.25) is 9.98 Å². The van der Waals surface area contributed by atoms with Crippen LogP contribution in [-0.2, 0) is 6.42 Å². The molecule has 0 aliphatic carbocycles. The fourth-order valence-corrected chi connectivity index (χ4v) is 3.91.